The minimum Gasteiger partial charge on any atom is -0.351 e. The highest BCUT2D eigenvalue weighted by atomic mass is 35.5. The van der Waals surface area contributed by atoms with Gasteiger partial charge in [-0.05, 0) is 43.2 Å². The van der Waals surface area contributed by atoms with Gasteiger partial charge in [-0.15, -0.1) is 11.8 Å². The van der Waals surface area contributed by atoms with Crippen molar-refractivity contribution in [2.45, 2.75) is 25.3 Å². The van der Waals surface area contributed by atoms with Crippen LogP contribution in [-0.4, -0.2) is 11.7 Å². The molecule has 0 heterocycles. The van der Waals surface area contributed by atoms with E-state index in [0.29, 0.717) is 17.3 Å². The molecule has 0 bridgehead atoms. The number of amides is 1. The average molecular weight is 320 g/mol. The van der Waals surface area contributed by atoms with Gasteiger partial charge in [0.15, 0.2) is 0 Å². The van der Waals surface area contributed by atoms with E-state index in [1.54, 1.807) is 11.8 Å². The highest BCUT2D eigenvalue weighted by Gasteiger charge is 2.05. The Morgan fingerprint density at radius 1 is 1.19 bits per heavy atom. The monoisotopic (exact) mass is 319 g/mol. The van der Waals surface area contributed by atoms with Gasteiger partial charge in [0.1, 0.15) is 0 Å². The first-order valence-electron chi connectivity index (χ1n) is 6.76. The molecule has 0 aliphatic rings. The van der Waals surface area contributed by atoms with Crippen LogP contribution in [0.5, 0.6) is 0 Å². The van der Waals surface area contributed by atoms with E-state index in [1.165, 1.54) is 11.1 Å². The lowest BCUT2D eigenvalue weighted by atomic mass is 10.2. The number of aryl methyl sites for hydroxylation is 2. The molecule has 2 aromatic carbocycles. The maximum absolute atomic E-state index is 11.9. The van der Waals surface area contributed by atoms with Gasteiger partial charge in [-0.2, -0.15) is 0 Å². The molecule has 0 fully saturated rings. The Balaban J connectivity index is 1.83. The van der Waals surface area contributed by atoms with Crippen LogP contribution in [0.1, 0.15) is 16.7 Å². The summed E-state index contributed by atoms with van der Waals surface area (Å²) >= 11 is 7.49. The van der Waals surface area contributed by atoms with Crippen LogP contribution in [0.15, 0.2) is 47.4 Å². The molecule has 2 aromatic rings. The number of rotatable bonds is 5. The summed E-state index contributed by atoms with van der Waals surface area (Å²) in [6.45, 7) is 4.63. The number of benzene rings is 2. The van der Waals surface area contributed by atoms with Crippen LogP contribution < -0.4 is 5.32 Å². The number of thioether (sulfide) groups is 1. The van der Waals surface area contributed by atoms with E-state index in [9.17, 15) is 4.79 Å². The predicted octanol–water partition coefficient (Wildman–Crippen LogP) is 4.37. The molecule has 1 amide bonds. The van der Waals surface area contributed by atoms with Gasteiger partial charge in [0.2, 0.25) is 5.91 Å². The van der Waals surface area contributed by atoms with Crippen LogP contribution in [-0.2, 0) is 11.3 Å². The Morgan fingerprint density at radius 3 is 2.76 bits per heavy atom. The lowest BCUT2D eigenvalue weighted by Crippen LogP contribution is -2.24. The van der Waals surface area contributed by atoms with Crippen molar-refractivity contribution in [2.75, 3.05) is 5.75 Å². The lowest BCUT2D eigenvalue weighted by molar-refractivity contribution is -0.118. The first-order valence-corrected chi connectivity index (χ1v) is 8.12. The fourth-order valence-corrected chi connectivity index (χ4v) is 3.07. The summed E-state index contributed by atoms with van der Waals surface area (Å²) in [7, 11) is 0. The average Bonchev–Trinajstić information content (AvgIpc) is 2.46. The van der Waals surface area contributed by atoms with E-state index in [-0.39, 0.29) is 5.91 Å². The van der Waals surface area contributed by atoms with Crippen molar-refractivity contribution in [1.82, 2.24) is 5.32 Å². The van der Waals surface area contributed by atoms with E-state index in [1.807, 2.05) is 24.3 Å². The molecular formula is C17H18ClNOS. The van der Waals surface area contributed by atoms with Crippen molar-refractivity contribution in [3.8, 4) is 0 Å². The van der Waals surface area contributed by atoms with Gasteiger partial charge < -0.3 is 5.32 Å². The fraction of sp³-hybridized carbons (Fsp3) is 0.235. The molecule has 0 saturated carbocycles. The number of hydrogen-bond donors (Lipinski definition) is 1. The molecule has 0 spiro atoms. The van der Waals surface area contributed by atoms with Crippen molar-refractivity contribution in [1.29, 1.82) is 0 Å². The quantitative estimate of drug-likeness (QED) is 0.829. The van der Waals surface area contributed by atoms with E-state index in [4.69, 9.17) is 11.6 Å². The van der Waals surface area contributed by atoms with Gasteiger partial charge in [-0.25, -0.2) is 0 Å². The minimum atomic E-state index is 0.0286. The second kappa shape index (κ2) is 7.53. The second-order valence-electron chi connectivity index (χ2n) is 4.96. The van der Waals surface area contributed by atoms with E-state index >= 15 is 0 Å². The molecule has 21 heavy (non-hydrogen) atoms. The summed E-state index contributed by atoms with van der Waals surface area (Å²) < 4.78 is 0. The topological polar surface area (TPSA) is 29.1 Å². The van der Waals surface area contributed by atoms with Crippen molar-refractivity contribution in [3.63, 3.8) is 0 Å². The van der Waals surface area contributed by atoms with Gasteiger partial charge >= 0.3 is 0 Å². The third-order valence-electron chi connectivity index (χ3n) is 3.08. The summed E-state index contributed by atoms with van der Waals surface area (Å²) in [5, 5.41) is 3.60. The Hall–Kier alpha value is -1.45. The van der Waals surface area contributed by atoms with E-state index in [2.05, 4.69) is 37.4 Å². The maximum Gasteiger partial charge on any atom is 0.230 e. The van der Waals surface area contributed by atoms with Crippen LogP contribution in [0.2, 0.25) is 5.02 Å². The first-order chi connectivity index (χ1) is 10.0. The summed E-state index contributed by atoms with van der Waals surface area (Å²) in [6, 6.07) is 13.8. The molecule has 0 unspecified atom stereocenters. The Kier molecular flexibility index (Phi) is 5.71. The lowest BCUT2D eigenvalue weighted by Gasteiger charge is -2.08. The molecule has 0 radical (unpaired) electrons. The molecule has 2 rings (SSSR count). The smallest absolute Gasteiger partial charge is 0.230 e. The SMILES string of the molecule is Cc1ccc(C)c(SCC(=O)NCc2cccc(Cl)c2)c1. The van der Waals surface area contributed by atoms with Gasteiger partial charge in [-0.1, -0.05) is 41.4 Å². The predicted molar refractivity (Wildman–Crippen MR) is 89.9 cm³/mol. The summed E-state index contributed by atoms with van der Waals surface area (Å²) in [6.07, 6.45) is 0. The number of nitrogens with one attached hydrogen (secondary N) is 1. The van der Waals surface area contributed by atoms with Crippen LogP contribution >= 0.6 is 23.4 Å². The molecule has 2 nitrogen and oxygen atoms in total. The highest BCUT2D eigenvalue weighted by Crippen LogP contribution is 2.23. The molecule has 1 N–H and O–H groups in total. The van der Waals surface area contributed by atoms with E-state index < -0.39 is 0 Å². The molecule has 0 atom stereocenters. The van der Waals surface area contributed by atoms with Gasteiger partial charge in [0, 0.05) is 16.5 Å². The Morgan fingerprint density at radius 2 is 2.00 bits per heavy atom. The summed E-state index contributed by atoms with van der Waals surface area (Å²) in [4.78, 5) is 13.1. The normalized spacial score (nSPS) is 10.4. The van der Waals surface area contributed by atoms with Crippen molar-refractivity contribution in [3.05, 3.63) is 64.2 Å². The van der Waals surface area contributed by atoms with E-state index in [0.717, 1.165) is 10.5 Å². The first kappa shape index (κ1) is 15.9. The summed E-state index contributed by atoms with van der Waals surface area (Å²) in [5.41, 5.74) is 3.42. The van der Waals surface area contributed by atoms with Gasteiger partial charge in [-0.3, -0.25) is 4.79 Å². The highest BCUT2D eigenvalue weighted by molar-refractivity contribution is 8.00. The standard InChI is InChI=1S/C17H18ClNOS/c1-12-6-7-13(2)16(8-12)21-11-17(20)19-10-14-4-3-5-15(18)9-14/h3-9H,10-11H2,1-2H3,(H,19,20). The molecule has 4 heteroatoms. The Labute approximate surface area is 134 Å². The molecule has 0 aliphatic heterocycles. The largest absolute Gasteiger partial charge is 0.351 e. The molecule has 110 valence electrons. The number of carbonyl (C=O) groups is 1. The van der Waals surface area contributed by atoms with Crippen molar-refractivity contribution in [2.24, 2.45) is 0 Å². The number of halogens is 1. The van der Waals surface area contributed by atoms with Crippen LogP contribution in [0.3, 0.4) is 0 Å². The maximum atomic E-state index is 11.9. The number of hydrogen-bond acceptors (Lipinski definition) is 2. The summed E-state index contributed by atoms with van der Waals surface area (Å²) in [5.74, 6) is 0.450. The fourth-order valence-electron chi connectivity index (χ4n) is 1.90. The van der Waals surface area contributed by atoms with Crippen molar-refractivity contribution >= 4 is 29.3 Å². The van der Waals surface area contributed by atoms with Gasteiger partial charge in [0.25, 0.3) is 0 Å². The molecule has 0 saturated heterocycles. The van der Waals surface area contributed by atoms with Gasteiger partial charge in [0.05, 0.1) is 5.75 Å². The zero-order chi connectivity index (χ0) is 15.2. The van der Waals surface area contributed by atoms with Crippen molar-refractivity contribution < 1.29 is 4.79 Å². The third-order valence-corrected chi connectivity index (χ3v) is 4.47. The molecule has 0 aromatic heterocycles. The zero-order valence-electron chi connectivity index (χ0n) is 12.2. The van der Waals surface area contributed by atoms with Crippen LogP contribution in [0.4, 0.5) is 0 Å². The van der Waals surface area contributed by atoms with Crippen LogP contribution in [0.25, 0.3) is 0 Å². The Bertz CT molecular complexity index is 642. The third kappa shape index (κ3) is 5.10. The zero-order valence-corrected chi connectivity index (χ0v) is 13.7. The van der Waals surface area contributed by atoms with Crippen LogP contribution in [0, 0.1) is 13.8 Å². The molecular weight excluding hydrogens is 302 g/mol. The second-order valence-corrected chi connectivity index (χ2v) is 6.42. The molecule has 0 aliphatic carbocycles. The number of carbonyl (C=O) groups excluding carboxylic acids is 1. The minimum absolute atomic E-state index is 0.0286.